The van der Waals surface area contributed by atoms with E-state index in [0.29, 0.717) is 0 Å². The molecule has 0 bridgehead atoms. The van der Waals surface area contributed by atoms with Gasteiger partial charge in [-0.25, -0.2) is 0 Å². The van der Waals surface area contributed by atoms with E-state index in [0.717, 1.165) is 19.4 Å². The van der Waals surface area contributed by atoms with Crippen LogP contribution in [0.1, 0.15) is 72.2 Å². The molecule has 1 unspecified atom stereocenters. The summed E-state index contributed by atoms with van der Waals surface area (Å²) in [7, 11) is -0.242. The van der Waals surface area contributed by atoms with Crippen molar-refractivity contribution in [3.63, 3.8) is 0 Å². The molecule has 132 valence electrons. The second kappa shape index (κ2) is 7.84. The molecule has 1 fully saturated rings. The highest BCUT2D eigenvalue weighted by atomic mass is 16.7. The molecule has 3 nitrogen and oxygen atoms in total. The van der Waals surface area contributed by atoms with Gasteiger partial charge < -0.3 is 9.31 Å². The van der Waals surface area contributed by atoms with Gasteiger partial charge in [0, 0.05) is 18.1 Å². The Labute approximate surface area is 148 Å². The van der Waals surface area contributed by atoms with Crippen LogP contribution in [0.5, 0.6) is 0 Å². The first-order chi connectivity index (χ1) is 11.3. The molecule has 1 atom stereocenters. The molecule has 0 aromatic heterocycles. The Morgan fingerprint density at radius 3 is 2.21 bits per heavy atom. The van der Waals surface area contributed by atoms with Crippen molar-refractivity contribution in [2.75, 3.05) is 6.54 Å². The van der Waals surface area contributed by atoms with Crippen LogP contribution in [0.3, 0.4) is 0 Å². The van der Waals surface area contributed by atoms with E-state index in [1.165, 1.54) is 17.7 Å². The van der Waals surface area contributed by atoms with Gasteiger partial charge in [0.15, 0.2) is 0 Å². The van der Waals surface area contributed by atoms with Crippen LogP contribution in [0, 0.1) is 0 Å². The van der Waals surface area contributed by atoms with Gasteiger partial charge in [-0.2, -0.15) is 0 Å². The Balaban J connectivity index is 2.21. The number of unbranched alkanes of at least 4 members (excludes halogenated alkanes) is 1. The maximum Gasteiger partial charge on any atom is 0.466 e. The van der Waals surface area contributed by atoms with E-state index in [1.54, 1.807) is 0 Å². The average molecular weight is 329 g/mol. The van der Waals surface area contributed by atoms with Gasteiger partial charge in [0.05, 0.1) is 11.2 Å². The topological polar surface area (TPSA) is 30.8 Å². The molecule has 1 aromatic carbocycles. The van der Waals surface area contributed by atoms with Crippen LogP contribution in [0.15, 0.2) is 35.3 Å². The zero-order valence-electron chi connectivity index (χ0n) is 16.1. The molecule has 24 heavy (non-hydrogen) atoms. The quantitative estimate of drug-likeness (QED) is 0.398. The molecule has 0 amide bonds. The van der Waals surface area contributed by atoms with E-state index >= 15 is 0 Å². The van der Waals surface area contributed by atoms with Gasteiger partial charge in [0.2, 0.25) is 0 Å². The van der Waals surface area contributed by atoms with Crippen LogP contribution in [0.25, 0.3) is 0 Å². The highest BCUT2D eigenvalue weighted by Gasteiger charge is 2.53. The van der Waals surface area contributed by atoms with Crippen molar-refractivity contribution in [2.45, 2.75) is 77.8 Å². The van der Waals surface area contributed by atoms with E-state index in [-0.39, 0.29) is 24.1 Å². The van der Waals surface area contributed by atoms with Crippen molar-refractivity contribution < 1.29 is 9.31 Å². The first-order valence-corrected chi connectivity index (χ1v) is 9.17. The smallest absolute Gasteiger partial charge is 0.403 e. The van der Waals surface area contributed by atoms with E-state index in [4.69, 9.17) is 14.3 Å². The summed E-state index contributed by atoms with van der Waals surface area (Å²) in [6.45, 7) is 13.7. The molecular weight excluding hydrogens is 297 g/mol. The van der Waals surface area contributed by atoms with Crippen molar-refractivity contribution in [2.24, 2.45) is 4.99 Å². The van der Waals surface area contributed by atoms with Crippen molar-refractivity contribution in [3.05, 3.63) is 35.9 Å². The molecule has 1 aromatic rings. The maximum atomic E-state index is 6.33. The first kappa shape index (κ1) is 19.2. The number of hydrogen-bond donors (Lipinski definition) is 0. The largest absolute Gasteiger partial charge is 0.466 e. The van der Waals surface area contributed by atoms with Gasteiger partial charge in [0.1, 0.15) is 0 Å². The average Bonchev–Trinajstić information content (AvgIpc) is 2.74. The Morgan fingerprint density at radius 2 is 1.67 bits per heavy atom. The van der Waals surface area contributed by atoms with Crippen LogP contribution in [-0.2, 0) is 9.31 Å². The Hall–Kier alpha value is -1.13. The van der Waals surface area contributed by atoms with Crippen LogP contribution < -0.4 is 0 Å². The molecule has 2 rings (SSSR count). The summed E-state index contributed by atoms with van der Waals surface area (Å²) in [5, 5.41) is 0. The molecule has 0 N–H and O–H groups in total. The molecule has 0 saturated carbocycles. The minimum Gasteiger partial charge on any atom is -0.403 e. The van der Waals surface area contributed by atoms with E-state index in [1.807, 2.05) is 6.07 Å². The fourth-order valence-corrected chi connectivity index (χ4v) is 2.94. The third-order valence-corrected chi connectivity index (χ3v) is 5.24. The SMILES string of the molecule is CCCCN=C(C)CC(B1OC(C)(C)C(C)(C)O1)c1ccccc1. The van der Waals surface area contributed by atoms with E-state index in [9.17, 15) is 0 Å². The summed E-state index contributed by atoms with van der Waals surface area (Å²) >= 11 is 0. The minimum atomic E-state index is -0.308. The van der Waals surface area contributed by atoms with Crippen molar-refractivity contribution in [1.29, 1.82) is 0 Å². The lowest BCUT2D eigenvalue weighted by atomic mass is 9.65. The number of aliphatic imine (C=N–C) groups is 1. The van der Waals surface area contributed by atoms with E-state index < -0.39 is 0 Å². The predicted octanol–water partition coefficient (Wildman–Crippen LogP) is 5.05. The van der Waals surface area contributed by atoms with Crippen LogP contribution in [0.4, 0.5) is 0 Å². The zero-order chi connectivity index (χ0) is 17.8. The number of hydrogen-bond acceptors (Lipinski definition) is 3. The van der Waals surface area contributed by atoms with Gasteiger partial charge in [-0.3, -0.25) is 4.99 Å². The van der Waals surface area contributed by atoms with Crippen molar-refractivity contribution in [3.8, 4) is 0 Å². The van der Waals surface area contributed by atoms with Gasteiger partial charge >= 0.3 is 7.12 Å². The molecule has 4 heteroatoms. The Morgan fingerprint density at radius 1 is 1.08 bits per heavy atom. The Bertz CT molecular complexity index is 538. The third-order valence-electron chi connectivity index (χ3n) is 5.24. The maximum absolute atomic E-state index is 6.33. The summed E-state index contributed by atoms with van der Waals surface area (Å²) < 4.78 is 12.7. The standard InChI is InChI=1S/C20H32BNO2/c1-7-8-14-22-16(2)15-18(17-12-10-9-11-13-17)21-23-19(3,4)20(5,6)24-21/h9-13,18H,7-8,14-15H2,1-6H3. The van der Waals surface area contributed by atoms with Gasteiger partial charge in [-0.1, -0.05) is 43.7 Å². The fraction of sp³-hybridized carbons (Fsp3) is 0.650. The van der Waals surface area contributed by atoms with Crippen LogP contribution >= 0.6 is 0 Å². The lowest BCUT2D eigenvalue weighted by Gasteiger charge is -2.32. The Kier molecular flexibility index (Phi) is 6.27. The monoisotopic (exact) mass is 329 g/mol. The summed E-state index contributed by atoms with van der Waals surface area (Å²) in [6.07, 6.45) is 3.19. The lowest BCUT2D eigenvalue weighted by molar-refractivity contribution is 0.00578. The molecule has 0 spiro atoms. The highest BCUT2D eigenvalue weighted by Crippen LogP contribution is 2.41. The van der Waals surface area contributed by atoms with E-state index in [2.05, 4.69) is 65.8 Å². The lowest BCUT2D eigenvalue weighted by Crippen LogP contribution is -2.41. The highest BCUT2D eigenvalue weighted by molar-refractivity contribution is 6.48. The molecule has 0 aliphatic carbocycles. The number of benzene rings is 1. The second-order valence-corrected chi connectivity index (χ2v) is 7.82. The van der Waals surface area contributed by atoms with Gasteiger partial charge in [0.25, 0.3) is 0 Å². The molecule has 1 aliphatic rings. The van der Waals surface area contributed by atoms with Crippen LogP contribution in [0.2, 0.25) is 0 Å². The number of nitrogens with zero attached hydrogens (tertiary/aromatic N) is 1. The second-order valence-electron chi connectivity index (χ2n) is 7.82. The van der Waals surface area contributed by atoms with Crippen molar-refractivity contribution >= 4 is 12.8 Å². The van der Waals surface area contributed by atoms with Gasteiger partial charge in [-0.05, 0) is 53.0 Å². The molecule has 1 heterocycles. The molecule has 0 radical (unpaired) electrons. The minimum absolute atomic E-state index is 0.164. The molecular formula is C20H32BNO2. The predicted molar refractivity (Wildman–Crippen MR) is 103 cm³/mol. The summed E-state index contributed by atoms with van der Waals surface area (Å²) in [5.74, 6) is 0.164. The summed E-state index contributed by atoms with van der Waals surface area (Å²) in [6, 6.07) is 10.5. The third kappa shape index (κ3) is 4.49. The van der Waals surface area contributed by atoms with Gasteiger partial charge in [-0.15, -0.1) is 0 Å². The first-order valence-electron chi connectivity index (χ1n) is 9.17. The molecule has 1 aliphatic heterocycles. The zero-order valence-corrected chi connectivity index (χ0v) is 16.1. The summed E-state index contributed by atoms with van der Waals surface area (Å²) in [4.78, 5) is 4.73. The summed E-state index contributed by atoms with van der Waals surface area (Å²) in [5.41, 5.74) is 1.81. The molecule has 1 saturated heterocycles. The number of rotatable bonds is 7. The normalized spacial score (nSPS) is 21.1. The van der Waals surface area contributed by atoms with Crippen LogP contribution in [-0.4, -0.2) is 30.6 Å². The van der Waals surface area contributed by atoms with Crippen molar-refractivity contribution in [1.82, 2.24) is 0 Å². The fourth-order valence-electron chi connectivity index (χ4n) is 2.94.